The quantitative estimate of drug-likeness (QED) is 0.508. The van der Waals surface area contributed by atoms with Gasteiger partial charge in [-0.2, -0.15) is 4.68 Å². The van der Waals surface area contributed by atoms with Crippen LogP contribution in [0.25, 0.3) is 10.8 Å². The Balaban J connectivity index is 1.60. The number of ether oxygens (including phenoxy) is 1. The zero-order valence-corrected chi connectivity index (χ0v) is 17.2. The second-order valence-electron chi connectivity index (χ2n) is 7.59. The number of aromatic nitrogens is 4. The van der Waals surface area contributed by atoms with E-state index in [9.17, 15) is 4.79 Å². The number of anilines is 1. The largest absolute Gasteiger partial charge is 0.457 e. The first kappa shape index (κ1) is 19.0. The number of benzene rings is 3. The van der Waals surface area contributed by atoms with Crippen molar-refractivity contribution in [2.75, 3.05) is 5.32 Å². The minimum absolute atomic E-state index is 0.195. The number of hydrogen-bond donors (Lipinski definition) is 1. The standard InChI is InChI=1S/C24H21N5O2/c1-15-12-13-20(19-11-7-6-10-18(15)19)22-21(16(2)25-24-26-27-28-29(22)24)23(30)31-14-17-8-4-3-5-9-17/h3-13,22H,14H2,1-2H3,(H,25,26,28). The fourth-order valence-corrected chi connectivity index (χ4v) is 4.08. The molecule has 0 saturated carbocycles. The van der Waals surface area contributed by atoms with Crippen molar-refractivity contribution in [3.8, 4) is 0 Å². The summed E-state index contributed by atoms with van der Waals surface area (Å²) < 4.78 is 7.34. The summed E-state index contributed by atoms with van der Waals surface area (Å²) >= 11 is 0. The fourth-order valence-electron chi connectivity index (χ4n) is 4.08. The number of aryl methyl sites for hydroxylation is 1. The van der Waals surface area contributed by atoms with E-state index in [0.717, 1.165) is 21.9 Å². The number of nitrogens with one attached hydrogen (secondary N) is 1. The molecule has 7 nitrogen and oxygen atoms in total. The van der Waals surface area contributed by atoms with E-state index in [1.165, 1.54) is 5.56 Å². The molecule has 0 fully saturated rings. The first-order chi connectivity index (χ1) is 15.1. The van der Waals surface area contributed by atoms with Gasteiger partial charge in [0, 0.05) is 5.70 Å². The first-order valence-electron chi connectivity index (χ1n) is 10.1. The third kappa shape index (κ3) is 3.34. The molecule has 1 atom stereocenters. The molecule has 4 aromatic rings. The maximum atomic E-state index is 13.3. The molecule has 2 heterocycles. The highest BCUT2D eigenvalue weighted by atomic mass is 16.5. The predicted octanol–water partition coefficient (Wildman–Crippen LogP) is 4.17. The molecule has 0 saturated heterocycles. The molecule has 0 aliphatic carbocycles. The predicted molar refractivity (Wildman–Crippen MR) is 117 cm³/mol. The lowest BCUT2D eigenvalue weighted by Gasteiger charge is -2.28. The molecule has 1 N–H and O–H groups in total. The van der Waals surface area contributed by atoms with Gasteiger partial charge in [-0.25, -0.2) is 4.79 Å². The first-order valence-corrected chi connectivity index (χ1v) is 10.1. The summed E-state index contributed by atoms with van der Waals surface area (Å²) in [6.45, 7) is 4.12. The van der Waals surface area contributed by atoms with Crippen LogP contribution >= 0.6 is 0 Å². The summed E-state index contributed by atoms with van der Waals surface area (Å²) in [4.78, 5) is 13.3. The van der Waals surface area contributed by atoms with Gasteiger partial charge in [0.25, 0.3) is 0 Å². The number of esters is 1. The molecule has 31 heavy (non-hydrogen) atoms. The van der Waals surface area contributed by atoms with Crippen molar-refractivity contribution in [3.05, 3.63) is 94.7 Å². The van der Waals surface area contributed by atoms with Gasteiger partial charge in [-0.15, -0.1) is 0 Å². The molecule has 1 aliphatic rings. The summed E-state index contributed by atoms with van der Waals surface area (Å²) in [7, 11) is 0. The summed E-state index contributed by atoms with van der Waals surface area (Å²) in [5.74, 6) is 0.0939. The molecule has 154 valence electrons. The summed E-state index contributed by atoms with van der Waals surface area (Å²) in [6, 6.07) is 21.4. The second kappa shape index (κ2) is 7.68. The van der Waals surface area contributed by atoms with Gasteiger partial charge in [-0.1, -0.05) is 71.8 Å². The molecule has 1 aliphatic heterocycles. The normalized spacial score (nSPS) is 15.5. The van der Waals surface area contributed by atoms with Gasteiger partial charge in [0.15, 0.2) is 0 Å². The summed E-state index contributed by atoms with van der Waals surface area (Å²) in [6.07, 6.45) is 0. The van der Waals surface area contributed by atoms with Crippen LogP contribution in [0.15, 0.2) is 78.0 Å². The number of carbonyl (C=O) groups is 1. The van der Waals surface area contributed by atoms with Crippen LogP contribution in [0.1, 0.15) is 29.7 Å². The maximum Gasteiger partial charge on any atom is 0.338 e. The van der Waals surface area contributed by atoms with Gasteiger partial charge in [0.2, 0.25) is 5.95 Å². The van der Waals surface area contributed by atoms with Crippen LogP contribution in [-0.4, -0.2) is 26.2 Å². The van der Waals surface area contributed by atoms with Crippen LogP contribution in [0.4, 0.5) is 5.95 Å². The molecule has 1 aromatic heterocycles. The number of allylic oxidation sites excluding steroid dienone is 1. The van der Waals surface area contributed by atoms with Crippen molar-refractivity contribution < 1.29 is 9.53 Å². The number of hydrogen-bond acceptors (Lipinski definition) is 6. The highest BCUT2D eigenvalue weighted by Crippen LogP contribution is 2.38. The minimum Gasteiger partial charge on any atom is -0.457 e. The SMILES string of the molecule is CC1=C(C(=O)OCc2ccccc2)C(c2ccc(C)c3ccccc23)n2nnnc2N1. The Bertz CT molecular complexity index is 1310. The number of carbonyl (C=O) groups excluding carboxylic acids is 1. The van der Waals surface area contributed by atoms with Crippen LogP contribution in [0.5, 0.6) is 0 Å². The van der Waals surface area contributed by atoms with Gasteiger partial charge in [0.1, 0.15) is 12.6 Å². The zero-order chi connectivity index (χ0) is 21.4. The highest BCUT2D eigenvalue weighted by molar-refractivity contribution is 5.95. The van der Waals surface area contributed by atoms with Gasteiger partial charge in [0.05, 0.1) is 5.57 Å². The number of rotatable bonds is 4. The summed E-state index contributed by atoms with van der Waals surface area (Å²) in [5.41, 5.74) is 4.21. The van der Waals surface area contributed by atoms with Crippen LogP contribution in [0, 0.1) is 6.92 Å². The van der Waals surface area contributed by atoms with E-state index in [4.69, 9.17) is 4.74 Å². The Morgan fingerprint density at radius 3 is 2.55 bits per heavy atom. The molecule has 0 amide bonds. The Labute approximate surface area is 179 Å². The zero-order valence-electron chi connectivity index (χ0n) is 17.2. The van der Waals surface area contributed by atoms with Gasteiger partial charge >= 0.3 is 5.97 Å². The van der Waals surface area contributed by atoms with Crippen molar-refractivity contribution in [3.63, 3.8) is 0 Å². The number of fused-ring (bicyclic) bond motifs is 2. The van der Waals surface area contributed by atoms with E-state index < -0.39 is 12.0 Å². The Hall–Kier alpha value is -4.00. The van der Waals surface area contributed by atoms with E-state index in [-0.39, 0.29) is 6.61 Å². The average molecular weight is 411 g/mol. The molecule has 0 spiro atoms. The highest BCUT2D eigenvalue weighted by Gasteiger charge is 2.35. The van der Waals surface area contributed by atoms with Gasteiger partial charge < -0.3 is 10.1 Å². The minimum atomic E-state index is -0.500. The molecule has 0 bridgehead atoms. The fraction of sp³-hybridized carbons (Fsp3) is 0.167. The third-order valence-corrected chi connectivity index (χ3v) is 5.62. The smallest absolute Gasteiger partial charge is 0.338 e. The van der Waals surface area contributed by atoms with Crippen molar-refractivity contribution in [2.45, 2.75) is 26.5 Å². The lowest BCUT2D eigenvalue weighted by Crippen LogP contribution is -2.29. The summed E-state index contributed by atoms with van der Waals surface area (Å²) in [5, 5.41) is 17.4. The third-order valence-electron chi connectivity index (χ3n) is 5.62. The second-order valence-corrected chi connectivity index (χ2v) is 7.59. The molecule has 7 heteroatoms. The Morgan fingerprint density at radius 2 is 1.74 bits per heavy atom. The van der Waals surface area contributed by atoms with Crippen LogP contribution < -0.4 is 5.32 Å². The average Bonchev–Trinajstić information content (AvgIpc) is 3.26. The lowest BCUT2D eigenvalue weighted by atomic mass is 9.90. The monoisotopic (exact) mass is 411 g/mol. The molecular weight excluding hydrogens is 390 g/mol. The van der Waals surface area contributed by atoms with Gasteiger partial charge in [-0.05, 0) is 51.7 Å². The van der Waals surface area contributed by atoms with E-state index in [1.54, 1.807) is 4.68 Å². The number of nitrogens with zero attached hydrogens (tertiary/aromatic N) is 4. The van der Waals surface area contributed by atoms with Crippen molar-refractivity contribution in [2.24, 2.45) is 0 Å². The lowest BCUT2D eigenvalue weighted by molar-refractivity contribution is -0.140. The molecule has 0 radical (unpaired) electrons. The van der Waals surface area contributed by atoms with Gasteiger partial charge in [-0.3, -0.25) is 0 Å². The van der Waals surface area contributed by atoms with Crippen LogP contribution in [0.2, 0.25) is 0 Å². The van der Waals surface area contributed by atoms with Crippen LogP contribution in [-0.2, 0) is 16.1 Å². The van der Waals surface area contributed by atoms with E-state index in [0.29, 0.717) is 17.2 Å². The molecule has 5 rings (SSSR count). The van der Waals surface area contributed by atoms with Crippen molar-refractivity contribution in [1.29, 1.82) is 0 Å². The van der Waals surface area contributed by atoms with E-state index in [2.05, 4.69) is 46.0 Å². The number of tetrazole rings is 1. The molecular formula is C24H21N5O2. The van der Waals surface area contributed by atoms with Crippen molar-refractivity contribution >= 4 is 22.7 Å². The maximum absolute atomic E-state index is 13.3. The molecule has 3 aromatic carbocycles. The molecule has 1 unspecified atom stereocenters. The van der Waals surface area contributed by atoms with E-state index in [1.807, 2.05) is 55.5 Å². The Kier molecular flexibility index (Phi) is 4.71. The Morgan fingerprint density at radius 1 is 1.00 bits per heavy atom. The van der Waals surface area contributed by atoms with E-state index >= 15 is 0 Å². The topological polar surface area (TPSA) is 81.9 Å². The van der Waals surface area contributed by atoms with Crippen LogP contribution in [0.3, 0.4) is 0 Å². The van der Waals surface area contributed by atoms with Crippen molar-refractivity contribution in [1.82, 2.24) is 20.2 Å².